The van der Waals surface area contributed by atoms with Crippen molar-refractivity contribution in [2.45, 2.75) is 32.7 Å². The Morgan fingerprint density at radius 3 is 2.38 bits per heavy atom. The van der Waals surface area contributed by atoms with E-state index in [2.05, 4.69) is 4.98 Å². The molecule has 0 saturated heterocycles. The summed E-state index contributed by atoms with van der Waals surface area (Å²) in [5, 5.41) is 9.45. The van der Waals surface area contributed by atoms with E-state index < -0.39 is 12.0 Å². The van der Waals surface area contributed by atoms with Crippen molar-refractivity contribution in [3.05, 3.63) is 18.0 Å². The molecule has 0 aliphatic heterocycles. The normalized spacial score (nSPS) is 12.4. The fourth-order valence-electron chi connectivity index (χ4n) is 2.54. The van der Waals surface area contributed by atoms with Gasteiger partial charge in [-0.2, -0.15) is 0 Å². The molecule has 0 aliphatic rings. The van der Waals surface area contributed by atoms with E-state index in [-0.39, 0.29) is 0 Å². The predicted octanol–water partition coefficient (Wildman–Crippen LogP) is 2.65. The highest BCUT2D eigenvalue weighted by molar-refractivity contribution is 5.83. The van der Waals surface area contributed by atoms with Crippen molar-refractivity contribution in [3.63, 3.8) is 0 Å². The molecule has 0 bridgehead atoms. The van der Waals surface area contributed by atoms with Crippen LogP contribution in [0.4, 0.5) is 0 Å². The van der Waals surface area contributed by atoms with E-state index in [4.69, 9.17) is 9.47 Å². The molecule has 2 aromatic rings. The van der Waals surface area contributed by atoms with Gasteiger partial charge in [0.15, 0.2) is 11.5 Å². The Morgan fingerprint density at radius 2 is 1.90 bits per heavy atom. The lowest BCUT2D eigenvalue weighted by atomic mass is 10.2. The number of hydrogen-bond donors (Lipinski definition) is 1. The summed E-state index contributed by atoms with van der Waals surface area (Å²) < 4.78 is 12.4. The Kier molecular flexibility index (Phi) is 4.35. The molecule has 6 nitrogen and oxygen atoms in total. The minimum atomic E-state index is -0.860. The molecule has 0 radical (unpaired) electrons. The van der Waals surface area contributed by atoms with Crippen molar-refractivity contribution in [2.75, 3.05) is 14.2 Å². The van der Waals surface area contributed by atoms with Crippen LogP contribution in [-0.2, 0) is 11.2 Å². The molecule has 2 rings (SSSR count). The van der Waals surface area contributed by atoms with E-state index in [1.165, 1.54) is 0 Å². The van der Waals surface area contributed by atoms with Gasteiger partial charge in [0, 0.05) is 18.6 Å². The Balaban J connectivity index is 2.75. The molecular formula is C15H20N2O4. The van der Waals surface area contributed by atoms with E-state index >= 15 is 0 Å². The minimum Gasteiger partial charge on any atom is -0.493 e. The molecule has 1 aromatic heterocycles. The number of nitrogens with zero attached hydrogens (tertiary/aromatic N) is 2. The number of benzene rings is 1. The van der Waals surface area contributed by atoms with E-state index in [0.717, 1.165) is 11.3 Å². The molecule has 0 fully saturated rings. The van der Waals surface area contributed by atoms with Crippen LogP contribution in [-0.4, -0.2) is 34.8 Å². The quantitative estimate of drug-likeness (QED) is 0.886. The van der Waals surface area contributed by atoms with Gasteiger partial charge >= 0.3 is 5.97 Å². The maximum absolute atomic E-state index is 11.5. The van der Waals surface area contributed by atoms with Gasteiger partial charge in [0.2, 0.25) is 0 Å². The van der Waals surface area contributed by atoms with Gasteiger partial charge in [0.25, 0.3) is 0 Å². The molecule has 0 aliphatic carbocycles. The number of carbonyl (C=O) groups is 1. The number of hydrogen-bond acceptors (Lipinski definition) is 4. The molecule has 0 amide bonds. The van der Waals surface area contributed by atoms with Crippen molar-refractivity contribution in [1.29, 1.82) is 0 Å². The summed E-state index contributed by atoms with van der Waals surface area (Å²) in [6.45, 7) is 3.81. The summed E-state index contributed by atoms with van der Waals surface area (Å²) in [5.41, 5.74) is 1.46. The highest BCUT2D eigenvalue weighted by Crippen LogP contribution is 2.34. The number of aliphatic carboxylic acids is 1. The first-order valence-corrected chi connectivity index (χ1v) is 6.92. The number of fused-ring (bicyclic) bond motifs is 1. The van der Waals surface area contributed by atoms with Crippen molar-refractivity contribution in [3.8, 4) is 11.5 Å². The second kappa shape index (κ2) is 6.03. The molecule has 1 N–H and O–H groups in total. The van der Waals surface area contributed by atoms with Gasteiger partial charge in [-0.1, -0.05) is 13.8 Å². The largest absolute Gasteiger partial charge is 0.493 e. The summed E-state index contributed by atoms with van der Waals surface area (Å²) in [6.07, 6.45) is 1.14. The van der Waals surface area contributed by atoms with Crippen LogP contribution in [0.5, 0.6) is 11.5 Å². The lowest BCUT2D eigenvalue weighted by molar-refractivity contribution is -0.140. The highest BCUT2D eigenvalue weighted by Gasteiger charge is 2.24. The highest BCUT2D eigenvalue weighted by atomic mass is 16.5. The number of methoxy groups -OCH3 is 2. The lowest BCUT2D eigenvalue weighted by Gasteiger charge is -2.16. The first-order chi connectivity index (χ1) is 10.1. The summed E-state index contributed by atoms with van der Waals surface area (Å²) in [6, 6.07) is 2.92. The Bertz CT molecular complexity index is 663. The number of aromatic nitrogens is 2. The predicted molar refractivity (Wildman–Crippen MR) is 79.2 cm³/mol. The van der Waals surface area contributed by atoms with E-state index in [1.54, 1.807) is 30.9 Å². The van der Waals surface area contributed by atoms with Gasteiger partial charge in [0.1, 0.15) is 11.9 Å². The number of aryl methyl sites for hydroxylation is 1. The topological polar surface area (TPSA) is 73.6 Å². The number of carboxylic acids is 1. The molecule has 1 heterocycles. The molecule has 0 spiro atoms. The fraction of sp³-hybridized carbons (Fsp3) is 0.467. The average Bonchev–Trinajstić information content (AvgIpc) is 2.83. The average molecular weight is 292 g/mol. The molecular weight excluding hydrogens is 272 g/mol. The third-order valence-electron chi connectivity index (χ3n) is 3.57. The first-order valence-electron chi connectivity index (χ1n) is 6.92. The zero-order valence-corrected chi connectivity index (χ0v) is 12.7. The van der Waals surface area contributed by atoms with Gasteiger partial charge in [-0.25, -0.2) is 9.78 Å². The summed E-state index contributed by atoms with van der Waals surface area (Å²) in [5.74, 6) is 1.03. The Labute approximate surface area is 123 Å². The smallest absolute Gasteiger partial charge is 0.326 e. The lowest BCUT2D eigenvalue weighted by Crippen LogP contribution is -2.20. The number of ether oxygens (including phenoxy) is 2. The van der Waals surface area contributed by atoms with Gasteiger partial charge in [-0.05, 0) is 6.42 Å². The van der Waals surface area contributed by atoms with E-state index in [9.17, 15) is 9.90 Å². The molecule has 0 saturated carbocycles. The number of carboxylic acid groups (broad SMARTS) is 1. The Morgan fingerprint density at radius 1 is 1.29 bits per heavy atom. The molecule has 21 heavy (non-hydrogen) atoms. The van der Waals surface area contributed by atoms with Gasteiger partial charge in [-0.15, -0.1) is 0 Å². The standard InChI is InChI=1S/C15H20N2O4/c1-5-10(15(18)19)17-11-8-13(21-4)12(20-3)7-9(11)16-14(17)6-2/h7-8,10H,5-6H2,1-4H3,(H,18,19). The van der Waals surface area contributed by atoms with Crippen LogP contribution in [0.1, 0.15) is 32.1 Å². The van der Waals surface area contributed by atoms with Gasteiger partial charge < -0.3 is 19.1 Å². The van der Waals surface area contributed by atoms with Crippen LogP contribution >= 0.6 is 0 Å². The van der Waals surface area contributed by atoms with Gasteiger partial charge in [-0.3, -0.25) is 0 Å². The van der Waals surface area contributed by atoms with Crippen LogP contribution in [0.2, 0.25) is 0 Å². The van der Waals surface area contributed by atoms with Crippen LogP contribution in [0.3, 0.4) is 0 Å². The maximum atomic E-state index is 11.5. The summed E-state index contributed by atoms with van der Waals surface area (Å²) in [7, 11) is 3.12. The second-order valence-electron chi connectivity index (χ2n) is 4.71. The van der Waals surface area contributed by atoms with Crippen molar-refractivity contribution >= 4 is 17.0 Å². The summed E-state index contributed by atoms with van der Waals surface area (Å²) >= 11 is 0. The third kappa shape index (κ3) is 2.53. The molecule has 114 valence electrons. The van der Waals surface area contributed by atoms with Crippen LogP contribution in [0.25, 0.3) is 11.0 Å². The van der Waals surface area contributed by atoms with Gasteiger partial charge in [0.05, 0.1) is 25.3 Å². The van der Waals surface area contributed by atoms with E-state index in [1.807, 2.05) is 13.8 Å². The maximum Gasteiger partial charge on any atom is 0.326 e. The van der Waals surface area contributed by atoms with Crippen LogP contribution in [0, 0.1) is 0 Å². The van der Waals surface area contributed by atoms with Crippen molar-refractivity contribution in [2.24, 2.45) is 0 Å². The number of imidazole rings is 1. The molecule has 1 unspecified atom stereocenters. The van der Waals surface area contributed by atoms with Crippen LogP contribution in [0.15, 0.2) is 12.1 Å². The van der Waals surface area contributed by atoms with E-state index in [0.29, 0.717) is 29.9 Å². The monoisotopic (exact) mass is 292 g/mol. The zero-order chi connectivity index (χ0) is 15.6. The molecule has 6 heteroatoms. The summed E-state index contributed by atoms with van der Waals surface area (Å²) in [4.78, 5) is 16.0. The SMILES string of the molecule is CCc1nc2cc(OC)c(OC)cc2n1C(CC)C(=O)O. The first kappa shape index (κ1) is 15.2. The van der Waals surface area contributed by atoms with Crippen molar-refractivity contribution < 1.29 is 19.4 Å². The van der Waals surface area contributed by atoms with Crippen molar-refractivity contribution in [1.82, 2.24) is 9.55 Å². The minimum absolute atomic E-state index is 0.488. The fourth-order valence-corrected chi connectivity index (χ4v) is 2.54. The third-order valence-corrected chi connectivity index (χ3v) is 3.57. The van der Waals surface area contributed by atoms with Crippen LogP contribution < -0.4 is 9.47 Å². The molecule has 1 aromatic carbocycles. The second-order valence-corrected chi connectivity index (χ2v) is 4.71. The molecule has 1 atom stereocenters. The zero-order valence-electron chi connectivity index (χ0n) is 12.7. The Hall–Kier alpha value is -2.24. The number of rotatable bonds is 6.